The fourth-order valence-corrected chi connectivity index (χ4v) is 3.92. The summed E-state index contributed by atoms with van der Waals surface area (Å²) in [5.41, 5.74) is 12.3. The van der Waals surface area contributed by atoms with Crippen LogP contribution < -0.4 is 26.8 Å². The number of amides is 1. The molecule has 35 heavy (non-hydrogen) atoms. The fraction of sp³-hybridized carbons (Fsp3) is 0.478. The second-order valence-corrected chi connectivity index (χ2v) is 8.73. The van der Waals surface area contributed by atoms with E-state index >= 15 is 0 Å². The van der Waals surface area contributed by atoms with Gasteiger partial charge in [0.05, 0.1) is 6.61 Å². The summed E-state index contributed by atoms with van der Waals surface area (Å²) in [4.78, 5) is 24.4. The van der Waals surface area contributed by atoms with Gasteiger partial charge in [-0.05, 0) is 43.4 Å². The predicted octanol–water partition coefficient (Wildman–Crippen LogP) is 1.28. The third-order valence-electron chi connectivity index (χ3n) is 5.61. The summed E-state index contributed by atoms with van der Waals surface area (Å²) in [5.74, 6) is 0.193. The summed E-state index contributed by atoms with van der Waals surface area (Å²) in [6, 6.07) is 7.92. The summed E-state index contributed by atoms with van der Waals surface area (Å²) >= 11 is 5.87. The number of aryl methyl sites for hydroxylation is 1. The van der Waals surface area contributed by atoms with E-state index in [1.807, 2.05) is 24.3 Å². The number of ether oxygens (including phenoxy) is 1. The SMILES string of the molecule is CCCC1N/C(=N/C(=O)c2nc(Cl)c(N)nc2N)NC1CCCc1ccc(OC[C@H](O)CO)cc1. The molecule has 0 saturated carbocycles. The zero-order valence-corrected chi connectivity index (χ0v) is 20.3. The van der Waals surface area contributed by atoms with E-state index in [1.165, 1.54) is 0 Å². The first-order chi connectivity index (χ1) is 16.8. The zero-order chi connectivity index (χ0) is 25.4. The van der Waals surface area contributed by atoms with Crippen LogP contribution in [0.25, 0.3) is 0 Å². The second kappa shape index (κ2) is 12.5. The third kappa shape index (κ3) is 7.41. The molecule has 1 aromatic heterocycles. The molecule has 1 fully saturated rings. The molecule has 0 bridgehead atoms. The van der Waals surface area contributed by atoms with E-state index < -0.39 is 12.0 Å². The van der Waals surface area contributed by atoms with Gasteiger partial charge in [0, 0.05) is 12.1 Å². The van der Waals surface area contributed by atoms with Crippen LogP contribution in [0.2, 0.25) is 5.15 Å². The number of aliphatic hydroxyl groups is 2. The molecule has 1 amide bonds. The van der Waals surface area contributed by atoms with Crippen LogP contribution in [-0.2, 0) is 6.42 Å². The van der Waals surface area contributed by atoms with E-state index in [0.717, 1.165) is 37.7 Å². The van der Waals surface area contributed by atoms with Crippen molar-refractivity contribution < 1.29 is 19.7 Å². The number of carbonyl (C=O) groups excluding carboxylic acids is 1. The number of aromatic nitrogens is 2. The van der Waals surface area contributed by atoms with Gasteiger partial charge in [0.15, 0.2) is 28.4 Å². The monoisotopic (exact) mass is 505 g/mol. The third-order valence-corrected chi connectivity index (χ3v) is 5.89. The fourth-order valence-electron chi connectivity index (χ4n) is 3.79. The van der Waals surface area contributed by atoms with Crippen LogP contribution >= 0.6 is 11.6 Å². The van der Waals surface area contributed by atoms with Crippen molar-refractivity contribution in [1.29, 1.82) is 0 Å². The summed E-state index contributed by atoms with van der Waals surface area (Å²) in [7, 11) is 0. The van der Waals surface area contributed by atoms with Crippen molar-refractivity contribution in [2.24, 2.45) is 4.99 Å². The van der Waals surface area contributed by atoms with E-state index in [0.29, 0.717) is 11.7 Å². The molecule has 3 atom stereocenters. The van der Waals surface area contributed by atoms with Crippen molar-refractivity contribution in [3.05, 3.63) is 40.7 Å². The van der Waals surface area contributed by atoms with Gasteiger partial charge in [-0.2, -0.15) is 4.99 Å². The number of hydrogen-bond acceptors (Lipinski definition) is 8. The normalized spacial score (nSPS) is 19.3. The molecule has 2 aromatic rings. The number of nitrogens with two attached hydrogens (primary N) is 2. The van der Waals surface area contributed by atoms with E-state index in [9.17, 15) is 9.90 Å². The van der Waals surface area contributed by atoms with Gasteiger partial charge in [0.2, 0.25) is 0 Å². The molecule has 2 heterocycles. The number of nitrogen functional groups attached to an aromatic ring is 2. The molecule has 1 saturated heterocycles. The lowest BCUT2D eigenvalue weighted by Gasteiger charge is -2.17. The highest BCUT2D eigenvalue weighted by Crippen LogP contribution is 2.20. The first-order valence-electron chi connectivity index (χ1n) is 11.6. The topological polar surface area (TPSA) is 181 Å². The van der Waals surface area contributed by atoms with Crippen molar-refractivity contribution in [3.8, 4) is 5.75 Å². The number of nitrogens with one attached hydrogen (secondary N) is 2. The second-order valence-electron chi connectivity index (χ2n) is 8.37. The molecular formula is C23H32ClN7O4. The molecule has 0 spiro atoms. The van der Waals surface area contributed by atoms with Crippen molar-refractivity contribution in [1.82, 2.24) is 20.6 Å². The molecule has 1 aliphatic heterocycles. The van der Waals surface area contributed by atoms with Crippen LogP contribution in [-0.4, -0.2) is 63.4 Å². The van der Waals surface area contributed by atoms with Gasteiger partial charge in [-0.3, -0.25) is 4.79 Å². The molecule has 0 radical (unpaired) electrons. The Morgan fingerprint density at radius 1 is 1.17 bits per heavy atom. The number of guanidine groups is 1. The van der Waals surface area contributed by atoms with Crippen molar-refractivity contribution in [2.75, 3.05) is 24.7 Å². The maximum absolute atomic E-state index is 12.6. The Kier molecular flexibility index (Phi) is 9.47. The average Bonchev–Trinajstić information content (AvgIpc) is 3.21. The number of aliphatic imine (C=N–C) groups is 1. The average molecular weight is 506 g/mol. The molecular weight excluding hydrogens is 474 g/mol. The summed E-state index contributed by atoms with van der Waals surface area (Å²) in [5, 5.41) is 24.7. The minimum atomic E-state index is -0.892. The predicted molar refractivity (Wildman–Crippen MR) is 134 cm³/mol. The van der Waals surface area contributed by atoms with Crippen LogP contribution in [0, 0.1) is 0 Å². The maximum Gasteiger partial charge on any atom is 0.302 e. The first-order valence-corrected chi connectivity index (χ1v) is 11.9. The summed E-state index contributed by atoms with van der Waals surface area (Å²) in [6.07, 6.45) is 3.69. The van der Waals surface area contributed by atoms with E-state index in [2.05, 4.69) is 32.5 Å². The lowest BCUT2D eigenvalue weighted by molar-refractivity contribution is 0.0536. The van der Waals surface area contributed by atoms with Crippen LogP contribution in [0.5, 0.6) is 5.75 Å². The minimum Gasteiger partial charge on any atom is -0.491 e. The Labute approximate surface area is 209 Å². The van der Waals surface area contributed by atoms with E-state index in [4.69, 9.17) is 32.9 Å². The van der Waals surface area contributed by atoms with Gasteiger partial charge in [-0.15, -0.1) is 0 Å². The lowest BCUT2D eigenvalue weighted by Crippen LogP contribution is -2.33. The summed E-state index contributed by atoms with van der Waals surface area (Å²) in [6.45, 7) is 1.82. The molecule has 190 valence electrons. The van der Waals surface area contributed by atoms with Gasteiger partial charge in [-0.25, -0.2) is 9.97 Å². The quantitative estimate of drug-likeness (QED) is 0.260. The molecule has 12 heteroatoms. The van der Waals surface area contributed by atoms with Crippen molar-refractivity contribution >= 4 is 35.1 Å². The van der Waals surface area contributed by atoms with Crippen LogP contribution in [0.1, 0.15) is 48.7 Å². The number of benzene rings is 1. The smallest absolute Gasteiger partial charge is 0.302 e. The van der Waals surface area contributed by atoms with Crippen molar-refractivity contribution in [3.63, 3.8) is 0 Å². The van der Waals surface area contributed by atoms with Crippen molar-refractivity contribution in [2.45, 2.75) is 57.2 Å². The van der Waals surface area contributed by atoms with Gasteiger partial charge >= 0.3 is 5.91 Å². The van der Waals surface area contributed by atoms with Crippen LogP contribution in [0.3, 0.4) is 0 Å². The highest BCUT2D eigenvalue weighted by Gasteiger charge is 2.30. The lowest BCUT2D eigenvalue weighted by atomic mass is 9.98. The zero-order valence-electron chi connectivity index (χ0n) is 19.6. The Bertz CT molecular complexity index is 1040. The molecule has 2 unspecified atom stereocenters. The number of hydrogen-bond donors (Lipinski definition) is 6. The van der Waals surface area contributed by atoms with Gasteiger partial charge in [0.25, 0.3) is 0 Å². The van der Waals surface area contributed by atoms with E-state index in [1.54, 1.807) is 0 Å². The number of carbonyl (C=O) groups is 1. The van der Waals surface area contributed by atoms with Crippen LogP contribution in [0.4, 0.5) is 11.6 Å². The first kappa shape index (κ1) is 26.5. The van der Waals surface area contributed by atoms with Gasteiger partial charge < -0.3 is 37.1 Å². The standard InChI is InChI=1S/C23H32ClN7O4/c1-2-4-16-17(6-3-5-13-7-9-15(10-8-13)35-12-14(33)11-32)28-23(27-16)31-22(34)18-20(25)30-21(26)19(24)29-18/h7-10,14,16-17,32-33H,2-6,11-12H2,1H3,(H4,25,26,30)(H2,27,28,31,34)/t14-,16?,17?/m1/s1. The van der Waals surface area contributed by atoms with Gasteiger partial charge in [0.1, 0.15) is 18.5 Å². The number of aliphatic hydroxyl groups excluding tert-OH is 2. The Hall–Kier alpha value is -3.15. The number of halogens is 1. The number of nitrogens with zero attached hydrogens (tertiary/aromatic N) is 3. The number of rotatable bonds is 11. The largest absolute Gasteiger partial charge is 0.491 e. The molecule has 11 nitrogen and oxygen atoms in total. The molecule has 1 aromatic carbocycles. The minimum absolute atomic E-state index is 0.0452. The molecule has 1 aliphatic rings. The molecule has 0 aliphatic carbocycles. The highest BCUT2D eigenvalue weighted by atomic mass is 35.5. The number of anilines is 2. The Morgan fingerprint density at radius 2 is 1.86 bits per heavy atom. The van der Waals surface area contributed by atoms with E-state index in [-0.39, 0.29) is 47.8 Å². The highest BCUT2D eigenvalue weighted by molar-refractivity contribution is 6.31. The Balaban J connectivity index is 1.55. The maximum atomic E-state index is 12.6. The Morgan fingerprint density at radius 3 is 2.51 bits per heavy atom. The van der Waals surface area contributed by atoms with Crippen LogP contribution in [0.15, 0.2) is 29.3 Å². The van der Waals surface area contributed by atoms with Gasteiger partial charge in [-0.1, -0.05) is 37.1 Å². The molecule has 3 rings (SSSR count). The molecule has 8 N–H and O–H groups in total. The summed E-state index contributed by atoms with van der Waals surface area (Å²) < 4.78 is 5.44.